The number of nitrogens with zero attached hydrogens (tertiary/aromatic N) is 5. The Kier molecular flexibility index (Phi) is 3.28. The van der Waals surface area contributed by atoms with E-state index in [0.29, 0.717) is 5.56 Å². The van der Waals surface area contributed by atoms with Crippen molar-refractivity contribution in [3.63, 3.8) is 0 Å². The van der Waals surface area contributed by atoms with Crippen molar-refractivity contribution in [1.29, 1.82) is 0 Å². The zero-order valence-corrected chi connectivity index (χ0v) is 10.0. The van der Waals surface area contributed by atoms with Crippen LogP contribution in [0.15, 0.2) is 17.2 Å². The third-order valence-electron chi connectivity index (χ3n) is 2.06. The Bertz CT molecular complexity index is 597. The molecule has 18 heavy (non-hydrogen) atoms. The fourth-order valence-corrected chi connectivity index (χ4v) is 1.44. The number of nitrogen functional groups attached to an aromatic ring is 1. The number of ether oxygens (including phenoxy) is 1. The van der Waals surface area contributed by atoms with Crippen molar-refractivity contribution in [2.24, 2.45) is 5.10 Å². The number of aromatic nitrogens is 4. The Morgan fingerprint density at radius 2 is 2.33 bits per heavy atom. The van der Waals surface area contributed by atoms with Crippen LogP contribution in [0.1, 0.15) is 5.56 Å². The summed E-state index contributed by atoms with van der Waals surface area (Å²) in [4.78, 5) is 1.05. The number of hydrogen-bond acceptors (Lipinski definition) is 7. The van der Waals surface area contributed by atoms with Gasteiger partial charge in [0.15, 0.2) is 11.5 Å². The molecular weight excluding hydrogens is 260 g/mol. The van der Waals surface area contributed by atoms with Crippen molar-refractivity contribution in [2.45, 2.75) is 0 Å². The topological polar surface area (TPSA) is 111 Å². The van der Waals surface area contributed by atoms with Crippen molar-refractivity contribution in [1.82, 2.24) is 20.3 Å². The number of benzene rings is 1. The normalized spacial score (nSPS) is 11.0. The molecule has 2 aromatic rings. The van der Waals surface area contributed by atoms with Crippen molar-refractivity contribution in [2.75, 3.05) is 12.8 Å². The summed E-state index contributed by atoms with van der Waals surface area (Å²) in [6.07, 6.45) is 1.43. The predicted octanol–water partition coefficient (Wildman–Crippen LogP) is 0.505. The third kappa shape index (κ3) is 2.33. The van der Waals surface area contributed by atoms with Gasteiger partial charge in [-0.15, -0.1) is 0 Å². The van der Waals surface area contributed by atoms with Gasteiger partial charge in [0, 0.05) is 5.56 Å². The Morgan fingerprint density at radius 1 is 1.56 bits per heavy atom. The van der Waals surface area contributed by atoms with Crippen LogP contribution in [0.5, 0.6) is 11.5 Å². The number of aromatic hydroxyl groups is 1. The number of anilines is 1. The smallest absolute Gasteiger partial charge is 0.263 e. The zero-order valence-electron chi connectivity index (χ0n) is 9.28. The van der Waals surface area contributed by atoms with Crippen LogP contribution >= 0.6 is 11.6 Å². The molecule has 0 spiro atoms. The number of phenolic OH excluding ortho intramolecular Hbond substituents is 1. The lowest BCUT2D eigenvalue weighted by molar-refractivity contribution is 0.373. The summed E-state index contributed by atoms with van der Waals surface area (Å²) in [5.41, 5.74) is 6.04. The monoisotopic (exact) mass is 268 g/mol. The lowest BCUT2D eigenvalue weighted by atomic mass is 10.2. The molecule has 8 nitrogen and oxygen atoms in total. The first-order valence-corrected chi connectivity index (χ1v) is 5.14. The molecule has 1 heterocycles. The SMILES string of the molecule is COc1cc(C=Nn2nnnc2N)cc(Cl)c1O. The number of phenols is 1. The highest BCUT2D eigenvalue weighted by atomic mass is 35.5. The summed E-state index contributed by atoms with van der Waals surface area (Å²) >= 11 is 5.83. The highest BCUT2D eigenvalue weighted by molar-refractivity contribution is 6.32. The Balaban J connectivity index is 2.32. The number of halogens is 1. The van der Waals surface area contributed by atoms with Gasteiger partial charge in [-0.05, 0) is 22.6 Å². The van der Waals surface area contributed by atoms with Crippen LogP contribution in [0.4, 0.5) is 5.95 Å². The van der Waals surface area contributed by atoms with Gasteiger partial charge in [0.05, 0.1) is 18.3 Å². The van der Waals surface area contributed by atoms with E-state index in [-0.39, 0.29) is 22.5 Å². The van der Waals surface area contributed by atoms with Gasteiger partial charge in [-0.2, -0.15) is 5.10 Å². The van der Waals surface area contributed by atoms with Gasteiger partial charge >= 0.3 is 0 Å². The lowest BCUT2D eigenvalue weighted by Gasteiger charge is -2.05. The fourth-order valence-electron chi connectivity index (χ4n) is 1.22. The molecule has 1 aromatic carbocycles. The van der Waals surface area contributed by atoms with E-state index in [1.165, 1.54) is 19.4 Å². The number of hydrogen-bond donors (Lipinski definition) is 2. The second-order valence-corrected chi connectivity index (χ2v) is 3.63. The molecule has 0 fully saturated rings. The Hall–Kier alpha value is -2.35. The van der Waals surface area contributed by atoms with E-state index < -0.39 is 0 Å². The van der Waals surface area contributed by atoms with Crippen molar-refractivity contribution < 1.29 is 9.84 Å². The molecule has 0 aliphatic rings. The summed E-state index contributed by atoms with van der Waals surface area (Å²) in [6, 6.07) is 3.08. The van der Waals surface area contributed by atoms with Crippen molar-refractivity contribution in [3.05, 3.63) is 22.7 Å². The van der Waals surface area contributed by atoms with E-state index in [4.69, 9.17) is 22.1 Å². The van der Waals surface area contributed by atoms with Crippen LogP contribution < -0.4 is 10.5 Å². The average Bonchev–Trinajstić information content (AvgIpc) is 2.76. The maximum atomic E-state index is 9.56. The number of nitrogens with two attached hydrogens (primary N) is 1. The van der Waals surface area contributed by atoms with Gasteiger partial charge in [0.25, 0.3) is 5.95 Å². The molecule has 0 atom stereocenters. The van der Waals surface area contributed by atoms with Gasteiger partial charge in [-0.25, -0.2) is 0 Å². The number of tetrazole rings is 1. The van der Waals surface area contributed by atoms with Gasteiger partial charge in [0.1, 0.15) is 0 Å². The summed E-state index contributed by atoms with van der Waals surface area (Å²) in [6.45, 7) is 0. The summed E-state index contributed by atoms with van der Waals surface area (Å²) in [5.74, 6) is 0.176. The molecule has 0 radical (unpaired) electrons. The molecule has 0 amide bonds. The first kappa shape index (κ1) is 12.1. The van der Waals surface area contributed by atoms with Crippen LogP contribution in [0.2, 0.25) is 5.02 Å². The molecular formula is C9H9ClN6O2. The lowest BCUT2D eigenvalue weighted by Crippen LogP contribution is -1.99. The molecule has 0 bridgehead atoms. The van der Waals surface area contributed by atoms with Crippen molar-refractivity contribution >= 4 is 23.8 Å². The van der Waals surface area contributed by atoms with Gasteiger partial charge in [0.2, 0.25) is 0 Å². The minimum Gasteiger partial charge on any atom is -0.503 e. The van der Waals surface area contributed by atoms with Crippen LogP contribution in [0.3, 0.4) is 0 Å². The summed E-state index contributed by atoms with van der Waals surface area (Å²) in [5, 5.41) is 24.0. The average molecular weight is 269 g/mol. The van der Waals surface area contributed by atoms with Gasteiger partial charge in [-0.1, -0.05) is 21.5 Å². The first-order valence-electron chi connectivity index (χ1n) is 4.76. The molecule has 1 aromatic heterocycles. The van der Waals surface area contributed by atoms with Crippen LogP contribution in [-0.4, -0.2) is 38.7 Å². The maximum Gasteiger partial charge on any atom is 0.263 e. The van der Waals surface area contributed by atoms with E-state index >= 15 is 0 Å². The molecule has 9 heteroatoms. The van der Waals surface area contributed by atoms with Crippen LogP contribution in [0.25, 0.3) is 0 Å². The first-order chi connectivity index (χ1) is 8.61. The summed E-state index contributed by atoms with van der Waals surface area (Å²) < 4.78 is 4.96. The second kappa shape index (κ2) is 4.88. The van der Waals surface area contributed by atoms with E-state index in [9.17, 15) is 5.11 Å². The second-order valence-electron chi connectivity index (χ2n) is 3.22. The van der Waals surface area contributed by atoms with E-state index in [1.54, 1.807) is 6.07 Å². The fraction of sp³-hybridized carbons (Fsp3) is 0.111. The minimum atomic E-state index is -0.127. The van der Waals surface area contributed by atoms with Crippen molar-refractivity contribution in [3.8, 4) is 11.5 Å². The quantitative estimate of drug-likeness (QED) is 0.784. The standard InChI is InChI=1S/C9H9ClN6O2/c1-18-7-3-5(2-6(10)8(7)17)4-12-16-9(11)13-14-15-16/h2-4,17H,1H3,(H2,11,13,15). The maximum absolute atomic E-state index is 9.56. The van der Waals surface area contributed by atoms with Crippen LogP contribution in [0, 0.1) is 0 Å². The largest absolute Gasteiger partial charge is 0.503 e. The molecule has 0 saturated heterocycles. The molecule has 0 unspecified atom stereocenters. The van der Waals surface area contributed by atoms with E-state index in [2.05, 4.69) is 20.6 Å². The Morgan fingerprint density at radius 3 is 2.94 bits per heavy atom. The predicted molar refractivity (Wildman–Crippen MR) is 64.9 cm³/mol. The van der Waals surface area contributed by atoms with E-state index in [0.717, 1.165) is 4.79 Å². The minimum absolute atomic E-state index is 0.0584. The highest BCUT2D eigenvalue weighted by Gasteiger charge is 2.08. The van der Waals surface area contributed by atoms with Crippen LogP contribution in [-0.2, 0) is 0 Å². The molecule has 3 N–H and O–H groups in total. The molecule has 0 aliphatic carbocycles. The van der Waals surface area contributed by atoms with E-state index in [1.807, 2.05) is 0 Å². The Labute approximate surface area is 107 Å². The van der Waals surface area contributed by atoms with Gasteiger partial charge < -0.3 is 15.6 Å². The third-order valence-corrected chi connectivity index (χ3v) is 2.35. The number of rotatable bonds is 3. The molecule has 0 aliphatic heterocycles. The zero-order chi connectivity index (χ0) is 13.1. The van der Waals surface area contributed by atoms with Gasteiger partial charge in [-0.3, -0.25) is 0 Å². The molecule has 94 valence electrons. The molecule has 0 saturated carbocycles. The summed E-state index contributed by atoms with van der Waals surface area (Å²) in [7, 11) is 1.42. The molecule has 2 rings (SSSR count). The highest BCUT2D eigenvalue weighted by Crippen LogP contribution is 2.34. The number of methoxy groups -OCH3 is 1.